The van der Waals surface area contributed by atoms with Crippen molar-refractivity contribution in [1.29, 1.82) is 0 Å². The van der Waals surface area contributed by atoms with Crippen LogP contribution in [0.4, 0.5) is 10.8 Å². The minimum Gasteiger partial charge on any atom is -0.493 e. The number of carbonyl (C=O) groups excluding carboxylic acids is 1. The first-order valence-corrected chi connectivity index (χ1v) is 9.24. The Morgan fingerprint density at radius 2 is 2.15 bits per heavy atom. The minimum atomic E-state index is -0.638. The molecule has 27 heavy (non-hydrogen) atoms. The molecule has 0 bridgehead atoms. The van der Waals surface area contributed by atoms with Gasteiger partial charge in [-0.15, -0.1) is 11.3 Å². The molecule has 7 nitrogen and oxygen atoms in total. The number of ether oxygens (including phenoxy) is 1. The maximum atomic E-state index is 12.4. The number of carbonyl (C=O) groups is 1. The van der Waals surface area contributed by atoms with E-state index in [1.165, 1.54) is 23.5 Å². The molecule has 136 valence electrons. The third-order valence-electron chi connectivity index (χ3n) is 4.11. The predicted molar refractivity (Wildman–Crippen MR) is 103 cm³/mol. The summed E-state index contributed by atoms with van der Waals surface area (Å²) in [6.45, 7) is 0.678. The van der Waals surface area contributed by atoms with Gasteiger partial charge in [0.15, 0.2) is 5.13 Å². The molecule has 1 amide bonds. The zero-order chi connectivity index (χ0) is 19.0. The number of nitro groups is 1. The number of fused-ring (bicyclic) bond motifs is 1. The highest BCUT2D eigenvalue weighted by Gasteiger charge is 2.22. The van der Waals surface area contributed by atoms with Crippen molar-refractivity contribution >= 4 is 39.7 Å². The average molecular weight is 402 g/mol. The molecule has 0 radical (unpaired) electrons. The minimum absolute atomic E-state index is 0.0733. The van der Waals surface area contributed by atoms with Crippen molar-refractivity contribution in [3.63, 3.8) is 0 Å². The summed E-state index contributed by atoms with van der Waals surface area (Å²) in [6, 6.07) is 9.75. The number of hydrogen-bond donors (Lipinski definition) is 1. The van der Waals surface area contributed by atoms with Crippen LogP contribution >= 0.6 is 22.9 Å². The summed E-state index contributed by atoms with van der Waals surface area (Å²) in [5.74, 6) is 0.277. The van der Waals surface area contributed by atoms with Crippen LogP contribution in [0.3, 0.4) is 0 Å². The Morgan fingerprint density at radius 1 is 1.30 bits per heavy atom. The third kappa shape index (κ3) is 3.49. The number of nitro benzene ring substituents is 1. The van der Waals surface area contributed by atoms with E-state index in [1.807, 2.05) is 23.6 Å². The number of nitrogens with zero attached hydrogens (tertiary/aromatic N) is 2. The van der Waals surface area contributed by atoms with Crippen LogP contribution in [0.1, 0.15) is 15.9 Å². The number of halogens is 1. The van der Waals surface area contributed by atoms with Crippen LogP contribution in [0.2, 0.25) is 5.02 Å². The lowest BCUT2D eigenvalue weighted by atomic mass is 10.1. The quantitative estimate of drug-likeness (QED) is 0.510. The molecule has 0 aliphatic carbocycles. The fourth-order valence-corrected chi connectivity index (χ4v) is 3.70. The van der Waals surface area contributed by atoms with E-state index >= 15 is 0 Å². The average Bonchev–Trinajstić information content (AvgIpc) is 3.29. The first-order chi connectivity index (χ1) is 13.0. The van der Waals surface area contributed by atoms with E-state index in [0.717, 1.165) is 35.1 Å². The molecule has 0 atom stereocenters. The van der Waals surface area contributed by atoms with Crippen LogP contribution < -0.4 is 10.1 Å². The molecule has 0 fully saturated rings. The highest BCUT2D eigenvalue weighted by atomic mass is 35.5. The zero-order valence-electron chi connectivity index (χ0n) is 13.8. The van der Waals surface area contributed by atoms with Gasteiger partial charge >= 0.3 is 0 Å². The van der Waals surface area contributed by atoms with Crippen LogP contribution in [0, 0.1) is 10.1 Å². The molecule has 0 spiro atoms. The number of nitrogens with one attached hydrogen (secondary N) is 1. The van der Waals surface area contributed by atoms with Gasteiger partial charge in [0.1, 0.15) is 11.3 Å². The standard InChI is InChI=1S/C18H12ClN3O4S/c19-12-2-3-13(15(8-12)22(24)25)17(23)21-18-20-14(9-27-18)10-1-4-16-11(7-10)5-6-26-16/h1-4,7-9H,5-6H2,(H,20,21,23). The first-order valence-electron chi connectivity index (χ1n) is 7.98. The molecule has 3 aromatic rings. The smallest absolute Gasteiger partial charge is 0.283 e. The molecule has 1 aromatic heterocycles. The Balaban J connectivity index is 1.56. The Morgan fingerprint density at radius 3 is 2.96 bits per heavy atom. The molecule has 2 heterocycles. The van der Waals surface area contributed by atoms with Gasteiger partial charge in [0.25, 0.3) is 11.6 Å². The molecule has 0 saturated heterocycles. The van der Waals surface area contributed by atoms with Gasteiger partial charge in [-0.25, -0.2) is 4.98 Å². The van der Waals surface area contributed by atoms with E-state index < -0.39 is 10.8 Å². The zero-order valence-corrected chi connectivity index (χ0v) is 15.3. The summed E-state index contributed by atoms with van der Waals surface area (Å²) < 4.78 is 5.50. The Bertz CT molecular complexity index is 1070. The molecule has 1 aliphatic heterocycles. The number of rotatable bonds is 4. The SMILES string of the molecule is O=C(Nc1nc(-c2ccc3c(c2)CCO3)cs1)c1ccc(Cl)cc1[N+](=O)[O-]. The molecular weight excluding hydrogens is 390 g/mol. The molecule has 4 rings (SSSR count). The Hall–Kier alpha value is -2.97. The van der Waals surface area contributed by atoms with Crippen LogP contribution in [-0.4, -0.2) is 22.4 Å². The number of aromatic nitrogens is 1. The molecule has 1 aliphatic rings. The Kier molecular flexibility index (Phi) is 4.51. The van der Waals surface area contributed by atoms with Crippen molar-refractivity contribution in [2.75, 3.05) is 11.9 Å². The fourth-order valence-electron chi connectivity index (χ4n) is 2.82. The van der Waals surface area contributed by atoms with E-state index in [2.05, 4.69) is 10.3 Å². The van der Waals surface area contributed by atoms with Crippen molar-refractivity contribution in [3.05, 3.63) is 68.0 Å². The monoisotopic (exact) mass is 401 g/mol. The Labute approximate surface area is 162 Å². The maximum Gasteiger partial charge on any atom is 0.283 e. The van der Waals surface area contributed by atoms with Gasteiger partial charge in [-0.1, -0.05) is 11.6 Å². The van der Waals surface area contributed by atoms with Crippen LogP contribution in [-0.2, 0) is 6.42 Å². The van der Waals surface area contributed by atoms with Crippen LogP contribution in [0.25, 0.3) is 11.3 Å². The van der Waals surface area contributed by atoms with Crippen molar-refractivity contribution < 1.29 is 14.5 Å². The van der Waals surface area contributed by atoms with Crippen molar-refractivity contribution in [2.45, 2.75) is 6.42 Å². The lowest BCUT2D eigenvalue weighted by molar-refractivity contribution is -0.385. The number of hydrogen-bond acceptors (Lipinski definition) is 6. The van der Waals surface area contributed by atoms with E-state index in [0.29, 0.717) is 11.7 Å². The van der Waals surface area contributed by atoms with E-state index in [1.54, 1.807) is 0 Å². The molecule has 9 heteroatoms. The van der Waals surface area contributed by atoms with E-state index in [9.17, 15) is 14.9 Å². The summed E-state index contributed by atoms with van der Waals surface area (Å²) in [6.07, 6.45) is 0.858. The van der Waals surface area contributed by atoms with Crippen LogP contribution in [0.5, 0.6) is 5.75 Å². The van der Waals surface area contributed by atoms with Gasteiger partial charge in [0.05, 0.1) is 17.2 Å². The van der Waals surface area contributed by atoms with Gasteiger partial charge in [-0.2, -0.15) is 0 Å². The van der Waals surface area contributed by atoms with E-state index in [4.69, 9.17) is 16.3 Å². The molecule has 1 N–H and O–H groups in total. The summed E-state index contributed by atoms with van der Waals surface area (Å²) in [5.41, 5.74) is 2.35. The van der Waals surface area contributed by atoms with Gasteiger partial charge in [0.2, 0.25) is 0 Å². The highest BCUT2D eigenvalue weighted by Crippen LogP contribution is 2.32. The second-order valence-electron chi connectivity index (χ2n) is 5.83. The lowest BCUT2D eigenvalue weighted by Gasteiger charge is -2.04. The maximum absolute atomic E-state index is 12.4. The topological polar surface area (TPSA) is 94.4 Å². The predicted octanol–water partition coefficient (Wildman–Crippen LogP) is 4.56. The summed E-state index contributed by atoms with van der Waals surface area (Å²) in [7, 11) is 0. The van der Waals surface area contributed by atoms with Gasteiger partial charge < -0.3 is 4.74 Å². The number of amides is 1. The van der Waals surface area contributed by atoms with Crippen molar-refractivity contribution in [3.8, 4) is 17.0 Å². The van der Waals surface area contributed by atoms with Crippen molar-refractivity contribution in [1.82, 2.24) is 4.98 Å². The molecule has 0 saturated carbocycles. The highest BCUT2D eigenvalue weighted by molar-refractivity contribution is 7.14. The van der Waals surface area contributed by atoms with Crippen LogP contribution in [0.15, 0.2) is 41.8 Å². The number of thiazole rings is 1. The second kappa shape index (κ2) is 6.98. The van der Waals surface area contributed by atoms with Gasteiger partial charge in [0, 0.05) is 28.5 Å². The van der Waals surface area contributed by atoms with Crippen molar-refractivity contribution in [2.24, 2.45) is 0 Å². The normalized spacial score (nSPS) is 12.3. The lowest BCUT2D eigenvalue weighted by Crippen LogP contribution is -2.13. The van der Waals surface area contributed by atoms with Gasteiger partial charge in [-0.3, -0.25) is 20.2 Å². The van der Waals surface area contributed by atoms with E-state index in [-0.39, 0.29) is 16.3 Å². The number of anilines is 1. The largest absolute Gasteiger partial charge is 0.493 e. The molecular formula is C18H12ClN3O4S. The third-order valence-corrected chi connectivity index (χ3v) is 5.10. The van der Waals surface area contributed by atoms with Gasteiger partial charge in [-0.05, 0) is 35.9 Å². The first kappa shape index (κ1) is 17.4. The molecule has 2 aromatic carbocycles. The molecule has 0 unspecified atom stereocenters. The second-order valence-corrected chi connectivity index (χ2v) is 7.13. The summed E-state index contributed by atoms with van der Waals surface area (Å²) in [4.78, 5) is 27.4. The number of benzene rings is 2. The summed E-state index contributed by atoms with van der Waals surface area (Å²) in [5, 5.41) is 16.1. The fraction of sp³-hybridized carbons (Fsp3) is 0.111. The summed E-state index contributed by atoms with van der Waals surface area (Å²) >= 11 is 7.03.